The highest BCUT2D eigenvalue weighted by Gasteiger charge is 2.17. The van der Waals surface area contributed by atoms with E-state index in [-0.39, 0.29) is 11.1 Å². The average Bonchev–Trinajstić information content (AvgIpc) is 3.22. The molecule has 0 atom stereocenters. The second-order valence-electron chi connectivity index (χ2n) is 4.93. The van der Waals surface area contributed by atoms with Crippen LogP contribution in [0.4, 0.5) is 5.69 Å². The number of hydrogen-bond donors (Lipinski definition) is 0. The van der Waals surface area contributed by atoms with Gasteiger partial charge in [0, 0.05) is 38.6 Å². The summed E-state index contributed by atoms with van der Waals surface area (Å²) in [5.74, 6) is -0.0619. The lowest BCUT2D eigenvalue weighted by molar-refractivity contribution is -0.118. The van der Waals surface area contributed by atoms with Gasteiger partial charge in [-0.25, -0.2) is 4.68 Å². The van der Waals surface area contributed by atoms with E-state index in [1.807, 2.05) is 24.4 Å². The monoisotopic (exact) mass is 330 g/mol. The molecule has 0 fully saturated rings. The second-order valence-corrected chi connectivity index (χ2v) is 5.29. The normalized spacial score (nSPS) is 10.7. The molecule has 0 aliphatic heterocycles. The van der Waals surface area contributed by atoms with Crippen molar-refractivity contribution in [1.29, 1.82) is 0 Å². The molecule has 0 radical (unpaired) electrons. The molecule has 0 spiro atoms. The second kappa shape index (κ2) is 6.62. The molecule has 3 heterocycles. The standard InChI is InChI=1S/C15H15ClN6O/c1-20(14(23)5-9-21-8-3-7-18-21)13-11-22(19-15(13)16)12-4-2-6-17-10-12/h2-4,6-8,10-11H,5,9H2,1H3. The Kier molecular flexibility index (Phi) is 4.38. The molecule has 118 valence electrons. The highest BCUT2D eigenvalue weighted by molar-refractivity contribution is 6.32. The van der Waals surface area contributed by atoms with Crippen molar-refractivity contribution in [3.63, 3.8) is 0 Å². The van der Waals surface area contributed by atoms with Crippen LogP contribution in [0.5, 0.6) is 0 Å². The topological polar surface area (TPSA) is 68.8 Å². The highest BCUT2D eigenvalue weighted by atomic mass is 35.5. The van der Waals surface area contributed by atoms with Crippen LogP contribution >= 0.6 is 11.6 Å². The van der Waals surface area contributed by atoms with Crippen molar-refractivity contribution in [2.45, 2.75) is 13.0 Å². The Hall–Kier alpha value is -2.67. The van der Waals surface area contributed by atoms with Crippen molar-refractivity contribution in [3.05, 3.63) is 54.3 Å². The van der Waals surface area contributed by atoms with E-state index in [0.717, 1.165) is 5.69 Å². The van der Waals surface area contributed by atoms with E-state index in [4.69, 9.17) is 11.6 Å². The molecule has 0 aliphatic rings. The molecule has 7 nitrogen and oxygen atoms in total. The van der Waals surface area contributed by atoms with Crippen LogP contribution in [0.1, 0.15) is 6.42 Å². The van der Waals surface area contributed by atoms with E-state index in [1.165, 1.54) is 4.90 Å². The first-order chi connectivity index (χ1) is 11.1. The number of amides is 1. The molecule has 0 saturated carbocycles. The van der Waals surface area contributed by atoms with Gasteiger partial charge in [0.2, 0.25) is 5.91 Å². The Balaban J connectivity index is 1.73. The molecule has 0 bridgehead atoms. The van der Waals surface area contributed by atoms with E-state index < -0.39 is 0 Å². The third kappa shape index (κ3) is 3.40. The highest BCUT2D eigenvalue weighted by Crippen LogP contribution is 2.25. The van der Waals surface area contributed by atoms with Crippen LogP contribution in [-0.4, -0.2) is 37.5 Å². The number of aryl methyl sites for hydroxylation is 1. The summed E-state index contributed by atoms with van der Waals surface area (Å²) >= 11 is 6.17. The minimum atomic E-state index is -0.0619. The zero-order chi connectivity index (χ0) is 16.2. The van der Waals surface area contributed by atoms with Crippen molar-refractivity contribution in [3.8, 4) is 5.69 Å². The van der Waals surface area contributed by atoms with Crippen molar-refractivity contribution in [2.24, 2.45) is 0 Å². The maximum atomic E-state index is 12.3. The van der Waals surface area contributed by atoms with Gasteiger partial charge in [-0.05, 0) is 18.2 Å². The lowest BCUT2D eigenvalue weighted by Crippen LogP contribution is -2.27. The van der Waals surface area contributed by atoms with E-state index in [2.05, 4.69) is 15.2 Å². The summed E-state index contributed by atoms with van der Waals surface area (Å²) in [6, 6.07) is 5.49. The number of rotatable bonds is 5. The Labute approximate surface area is 138 Å². The number of nitrogens with zero attached hydrogens (tertiary/aromatic N) is 6. The molecule has 0 aromatic carbocycles. The summed E-state index contributed by atoms with van der Waals surface area (Å²) in [4.78, 5) is 17.9. The first-order valence-corrected chi connectivity index (χ1v) is 7.42. The third-order valence-electron chi connectivity index (χ3n) is 3.41. The summed E-state index contributed by atoms with van der Waals surface area (Å²) in [6.07, 6.45) is 8.90. The Morgan fingerprint density at radius 3 is 2.91 bits per heavy atom. The van der Waals surface area contributed by atoms with Gasteiger partial charge < -0.3 is 4.90 Å². The smallest absolute Gasteiger partial charge is 0.228 e. The SMILES string of the molecule is CN(C(=O)CCn1cccn1)c1cn(-c2cccnc2)nc1Cl. The van der Waals surface area contributed by atoms with Crippen LogP contribution in [0.3, 0.4) is 0 Å². The zero-order valence-electron chi connectivity index (χ0n) is 12.5. The van der Waals surface area contributed by atoms with E-state index in [1.54, 1.807) is 41.2 Å². The maximum Gasteiger partial charge on any atom is 0.228 e. The molecule has 0 aliphatic carbocycles. The van der Waals surface area contributed by atoms with Gasteiger partial charge in [-0.3, -0.25) is 14.5 Å². The van der Waals surface area contributed by atoms with Crippen molar-refractivity contribution < 1.29 is 4.79 Å². The lowest BCUT2D eigenvalue weighted by Gasteiger charge is -2.15. The summed E-state index contributed by atoms with van der Waals surface area (Å²) in [5.41, 5.74) is 1.33. The summed E-state index contributed by atoms with van der Waals surface area (Å²) in [5, 5.41) is 8.57. The average molecular weight is 331 g/mol. The predicted octanol–water partition coefficient (Wildman–Crippen LogP) is 2.17. The molecule has 3 aromatic rings. The molecule has 1 amide bonds. The quantitative estimate of drug-likeness (QED) is 0.719. The molecule has 0 N–H and O–H groups in total. The number of anilines is 1. The van der Waals surface area contributed by atoms with Crippen LogP contribution in [-0.2, 0) is 11.3 Å². The van der Waals surface area contributed by atoms with Crippen molar-refractivity contribution in [1.82, 2.24) is 24.5 Å². The minimum Gasteiger partial charge on any atom is -0.311 e. The van der Waals surface area contributed by atoms with Crippen molar-refractivity contribution >= 4 is 23.2 Å². The zero-order valence-corrected chi connectivity index (χ0v) is 13.3. The largest absolute Gasteiger partial charge is 0.311 e. The number of aromatic nitrogens is 5. The van der Waals surface area contributed by atoms with Crippen LogP contribution in [0.2, 0.25) is 5.15 Å². The Bertz CT molecular complexity index is 784. The molecule has 3 rings (SSSR count). The first-order valence-electron chi connectivity index (χ1n) is 7.04. The van der Waals surface area contributed by atoms with Crippen LogP contribution < -0.4 is 4.90 Å². The molecule has 8 heteroatoms. The van der Waals surface area contributed by atoms with Gasteiger partial charge in [-0.2, -0.15) is 10.2 Å². The van der Waals surface area contributed by atoms with Gasteiger partial charge in [0.15, 0.2) is 5.15 Å². The molecule has 0 saturated heterocycles. The van der Waals surface area contributed by atoms with Crippen LogP contribution in [0, 0.1) is 0 Å². The summed E-state index contributed by atoms with van der Waals surface area (Å²) in [7, 11) is 1.68. The molecule has 23 heavy (non-hydrogen) atoms. The lowest BCUT2D eigenvalue weighted by atomic mass is 10.3. The maximum absolute atomic E-state index is 12.3. The number of halogens is 1. The van der Waals surface area contributed by atoms with Crippen molar-refractivity contribution in [2.75, 3.05) is 11.9 Å². The summed E-state index contributed by atoms with van der Waals surface area (Å²) < 4.78 is 3.31. The fraction of sp³-hybridized carbons (Fsp3) is 0.200. The number of carbonyl (C=O) groups excluding carboxylic acids is 1. The van der Waals surface area contributed by atoms with Crippen LogP contribution in [0.25, 0.3) is 5.69 Å². The van der Waals surface area contributed by atoms with E-state index in [0.29, 0.717) is 18.7 Å². The van der Waals surface area contributed by atoms with E-state index in [9.17, 15) is 4.79 Å². The Morgan fingerprint density at radius 1 is 1.35 bits per heavy atom. The van der Waals surface area contributed by atoms with Crippen LogP contribution in [0.15, 0.2) is 49.2 Å². The fourth-order valence-electron chi connectivity index (χ4n) is 2.14. The minimum absolute atomic E-state index is 0.0619. The number of pyridine rings is 1. The van der Waals surface area contributed by atoms with Gasteiger partial charge in [0.25, 0.3) is 0 Å². The predicted molar refractivity (Wildman–Crippen MR) is 86.6 cm³/mol. The molecule has 0 unspecified atom stereocenters. The number of carbonyl (C=O) groups is 1. The fourth-order valence-corrected chi connectivity index (χ4v) is 2.39. The van der Waals surface area contributed by atoms with Gasteiger partial charge in [-0.1, -0.05) is 11.6 Å². The third-order valence-corrected chi connectivity index (χ3v) is 3.68. The number of hydrogen-bond acceptors (Lipinski definition) is 4. The van der Waals surface area contributed by atoms with Gasteiger partial charge >= 0.3 is 0 Å². The summed E-state index contributed by atoms with van der Waals surface area (Å²) in [6.45, 7) is 0.518. The first kappa shape index (κ1) is 15.2. The molecular formula is C15H15ClN6O. The van der Waals surface area contributed by atoms with Gasteiger partial charge in [-0.15, -0.1) is 0 Å². The van der Waals surface area contributed by atoms with Gasteiger partial charge in [0.1, 0.15) is 5.69 Å². The Morgan fingerprint density at radius 2 is 2.22 bits per heavy atom. The van der Waals surface area contributed by atoms with Gasteiger partial charge in [0.05, 0.1) is 18.1 Å². The van der Waals surface area contributed by atoms with E-state index >= 15 is 0 Å². The molecular weight excluding hydrogens is 316 g/mol. The molecule has 3 aromatic heterocycles.